The second-order valence-corrected chi connectivity index (χ2v) is 5.66. The molecule has 0 saturated heterocycles. The molecule has 0 aromatic heterocycles. The van der Waals surface area contributed by atoms with E-state index in [0.717, 1.165) is 18.9 Å². The number of carbonyl (C=O) groups is 1. The molecule has 3 heteroatoms. The molecule has 0 spiro atoms. The highest BCUT2D eigenvalue weighted by Crippen LogP contribution is 2.22. The number of carbonyl (C=O) groups excluding carboxylic acids is 1. The van der Waals surface area contributed by atoms with Gasteiger partial charge in [0.1, 0.15) is 0 Å². The molecule has 100 valence electrons. The third kappa shape index (κ3) is 6.06. The third-order valence-electron chi connectivity index (χ3n) is 3.76. The van der Waals surface area contributed by atoms with Gasteiger partial charge in [0.2, 0.25) is 5.91 Å². The minimum absolute atomic E-state index is 0.237. The number of nitrogens with one attached hydrogen (secondary N) is 1. The topological polar surface area (TPSA) is 32.3 Å². The van der Waals surface area contributed by atoms with E-state index in [-0.39, 0.29) is 5.91 Å². The number of nitrogens with zero attached hydrogens (tertiary/aromatic N) is 1. The van der Waals surface area contributed by atoms with Crippen molar-refractivity contribution in [2.45, 2.75) is 57.9 Å². The summed E-state index contributed by atoms with van der Waals surface area (Å²) in [6.45, 7) is 3.34. The lowest BCUT2D eigenvalue weighted by molar-refractivity contribution is -0.128. The van der Waals surface area contributed by atoms with Crippen LogP contribution in [0.3, 0.4) is 0 Å². The van der Waals surface area contributed by atoms with Crippen molar-refractivity contribution in [1.82, 2.24) is 10.2 Å². The molecule has 0 aliphatic heterocycles. The molecule has 1 saturated carbocycles. The first kappa shape index (κ1) is 14.5. The molecule has 1 amide bonds. The quantitative estimate of drug-likeness (QED) is 0.591. The highest BCUT2D eigenvalue weighted by atomic mass is 16.2. The predicted octanol–water partition coefficient (Wildman–Crippen LogP) is 2.41. The summed E-state index contributed by atoms with van der Waals surface area (Å²) < 4.78 is 0. The molecule has 1 fully saturated rings. The maximum Gasteiger partial charge on any atom is 0.222 e. The molecule has 0 radical (unpaired) electrons. The lowest BCUT2D eigenvalue weighted by Gasteiger charge is -2.16. The van der Waals surface area contributed by atoms with Gasteiger partial charge in [-0.2, -0.15) is 0 Å². The molecular formula is C14H28N2O. The van der Waals surface area contributed by atoms with E-state index in [1.807, 2.05) is 14.1 Å². The van der Waals surface area contributed by atoms with Crippen LogP contribution in [0.4, 0.5) is 0 Å². The lowest BCUT2D eigenvalue weighted by atomic mass is 10.0. The van der Waals surface area contributed by atoms with Crippen LogP contribution in [-0.4, -0.2) is 37.5 Å². The zero-order chi connectivity index (χ0) is 12.7. The molecule has 1 rings (SSSR count). The molecule has 0 heterocycles. The number of amides is 1. The van der Waals surface area contributed by atoms with E-state index in [0.29, 0.717) is 12.5 Å². The van der Waals surface area contributed by atoms with Crippen molar-refractivity contribution in [2.75, 3.05) is 20.6 Å². The Bertz CT molecular complexity index is 228. The Morgan fingerprint density at radius 1 is 1.24 bits per heavy atom. The highest BCUT2D eigenvalue weighted by Gasteiger charge is 2.15. The summed E-state index contributed by atoms with van der Waals surface area (Å²) in [5.41, 5.74) is 0. The normalized spacial score (nSPS) is 25.4. The van der Waals surface area contributed by atoms with Crippen LogP contribution in [0.5, 0.6) is 0 Å². The van der Waals surface area contributed by atoms with Crippen molar-refractivity contribution in [2.24, 2.45) is 5.92 Å². The van der Waals surface area contributed by atoms with Gasteiger partial charge in [-0.05, 0) is 38.1 Å². The zero-order valence-corrected chi connectivity index (χ0v) is 11.7. The zero-order valence-electron chi connectivity index (χ0n) is 11.7. The van der Waals surface area contributed by atoms with Crippen LogP contribution < -0.4 is 5.32 Å². The van der Waals surface area contributed by atoms with Crippen molar-refractivity contribution in [1.29, 1.82) is 0 Å². The minimum atomic E-state index is 0.237. The van der Waals surface area contributed by atoms with Crippen LogP contribution in [0, 0.1) is 5.92 Å². The fourth-order valence-electron chi connectivity index (χ4n) is 2.46. The number of hydrogen-bond donors (Lipinski definition) is 1. The van der Waals surface area contributed by atoms with Crippen LogP contribution in [0.2, 0.25) is 0 Å². The second-order valence-electron chi connectivity index (χ2n) is 5.66. The average molecular weight is 240 g/mol. The van der Waals surface area contributed by atoms with Crippen LogP contribution in [0.25, 0.3) is 0 Å². The van der Waals surface area contributed by atoms with Crippen LogP contribution in [-0.2, 0) is 4.79 Å². The Morgan fingerprint density at radius 3 is 2.71 bits per heavy atom. The van der Waals surface area contributed by atoms with Gasteiger partial charge in [-0.25, -0.2) is 0 Å². The fourth-order valence-corrected chi connectivity index (χ4v) is 2.46. The molecule has 3 nitrogen and oxygen atoms in total. The first-order chi connectivity index (χ1) is 8.09. The Balaban J connectivity index is 2.08. The molecule has 1 aliphatic carbocycles. The largest absolute Gasteiger partial charge is 0.349 e. The average Bonchev–Trinajstić information content (AvgIpc) is 2.49. The van der Waals surface area contributed by atoms with Crippen molar-refractivity contribution in [3.8, 4) is 0 Å². The number of hydrogen-bond acceptors (Lipinski definition) is 2. The van der Waals surface area contributed by atoms with Gasteiger partial charge in [-0.1, -0.05) is 19.8 Å². The lowest BCUT2D eigenvalue weighted by Crippen LogP contribution is -2.30. The molecule has 1 aliphatic rings. The van der Waals surface area contributed by atoms with E-state index >= 15 is 0 Å². The SMILES string of the molecule is CC1CCCC(NCCCC(=O)N(C)C)CC1. The predicted molar refractivity (Wildman–Crippen MR) is 72.0 cm³/mol. The molecule has 0 aromatic carbocycles. The first-order valence-corrected chi connectivity index (χ1v) is 7.03. The standard InChI is InChI=1S/C14H28N2O/c1-12-6-4-7-13(10-9-12)15-11-5-8-14(17)16(2)3/h12-13,15H,4-11H2,1-3H3. The summed E-state index contributed by atoms with van der Waals surface area (Å²) in [6.07, 6.45) is 8.35. The van der Waals surface area contributed by atoms with Crippen molar-refractivity contribution in [3.05, 3.63) is 0 Å². The van der Waals surface area contributed by atoms with E-state index in [1.54, 1.807) is 4.90 Å². The monoisotopic (exact) mass is 240 g/mol. The molecule has 17 heavy (non-hydrogen) atoms. The smallest absolute Gasteiger partial charge is 0.222 e. The van der Waals surface area contributed by atoms with Gasteiger partial charge in [-0.3, -0.25) is 4.79 Å². The molecule has 2 atom stereocenters. The molecular weight excluding hydrogens is 212 g/mol. The molecule has 1 N–H and O–H groups in total. The van der Waals surface area contributed by atoms with Crippen molar-refractivity contribution < 1.29 is 4.79 Å². The van der Waals surface area contributed by atoms with Gasteiger partial charge in [0.15, 0.2) is 0 Å². The minimum Gasteiger partial charge on any atom is -0.349 e. The molecule has 0 aromatic rings. The van der Waals surface area contributed by atoms with Gasteiger partial charge in [0, 0.05) is 26.6 Å². The van der Waals surface area contributed by atoms with Gasteiger partial charge in [0.25, 0.3) is 0 Å². The maximum absolute atomic E-state index is 11.4. The number of rotatable bonds is 5. The van der Waals surface area contributed by atoms with Gasteiger partial charge >= 0.3 is 0 Å². The summed E-state index contributed by atoms with van der Waals surface area (Å²) in [6, 6.07) is 0.689. The highest BCUT2D eigenvalue weighted by molar-refractivity contribution is 5.75. The van der Waals surface area contributed by atoms with Gasteiger partial charge in [0.05, 0.1) is 0 Å². The Morgan fingerprint density at radius 2 is 2.00 bits per heavy atom. The summed E-state index contributed by atoms with van der Waals surface area (Å²) in [5, 5.41) is 3.61. The van der Waals surface area contributed by atoms with Gasteiger partial charge < -0.3 is 10.2 Å². The fraction of sp³-hybridized carbons (Fsp3) is 0.929. The molecule has 0 bridgehead atoms. The Labute approximate surface area is 106 Å². The van der Waals surface area contributed by atoms with Gasteiger partial charge in [-0.15, -0.1) is 0 Å². The summed E-state index contributed by atoms with van der Waals surface area (Å²) in [7, 11) is 3.64. The Hall–Kier alpha value is -0.570. The summed E-state index contributed by atoms with van der Waals surface area (Å²) in [5.74, 6) is 1.14. The third-order valence-corrected chi connectivity index (χ3v) is 3.76. The van der Waals surface area contributed by atoms with Crippen molar-refractivity contribution in [3.63, 3.8) is 0 Å². The Kier molecular flexibility index (Phi) is 6.56. The molecule has 2 unspecified atom stereocenters. The van der Waals surface area contributed by atoms with E-state index in [4.69, 9.17) is 0 Å². The summed E-state index contributed by atoms with van der Waals surface area (Å²) >= 11 is 0. The van der Waals surface area contributed by atoms with E-state index in [2.05, 4.69) is 12.2 Å². The summed E-state index contributed by atoms with van der Waals surface area (Å²) in [4.78, 5) is 13.1. The van der Waals surface area contributed by atoms with E-state index in [1.165, 1.54) is 32.1 Å². The second kappa shape index (κ2) is 7.70. The first-order valence-electron chi connectivity index (χ1n) is 7.03. The van der Waals surface area contributed by atoms with Crippen LogP contribution >= 0.6 is 0 Å². The van der Waals surface area contributed by atoms with E-state index < -0.39 is 0 Å². The van der Waals surface area contributed by atoms with Crippen molar-refractivity contribution >= 4 is 5.91 Å². The van der Waals surface area contributed by atoms with Crippen LogP contribution in [0.1, 0.15) is 51.9 Å². The maximum atomic E-state index is 11.4. The van der Waals surface area contributed by atoms with E-state index in [9.17, 15) is 4.79 Å². The van der Waals surface area contributed by atoms with Crippen LogP contribution in [0.15, 0.2) is 0 Å².